The van der Waals surface area contributed by atoms with E-state index >= 15 is 0 Å². The Kier molecular flexibility index (Phi) is 2.74. The zero-order valence-corrected chi connectivity index (χ0v) is 11.4. The number of nitrogen functional groups attached to an aromatic ring is 1. The van der Waals surface area contributed by atoms with E-state index in [4.69, 9.17) is 19.9 Å². The van der Waals surface area contributed by atoms with Crippen LogP contribution in [0.25, 0.3) is 21.9 Å². The molecule has 7 nitrogen and oxygen atoms in total. The average molecular weight is 274 g/mol. The molecule has 104 valence electrons. The van der Waals surface area contributed by atoms with Gasteiger partial charge in [-0.25, -0.2) is 4.98 Å². The molecule has 0 bridgehead atoms. The van der Waals surface area contributed by atoms with Crippen molar-refractivity contribution in [3.63, 3.8) is 0 Å². The van der Waals surface area contributed by atoms with Crippen LogP contribution in [0, 0.1) is 0 Å². The Labute approximate surface area is 114 Å². The third-order valence-corrected chi connectivity index (χ3v) is 3.17. The number of anilines is 1. The first-order valence-corrected chi connectivity index (χ1v) is 5.92. The summed E-state index contributed by atoms with van der Waals surface area (Å²) in [6.45, 7) is 0. The smallest absolute Gasteiger partial charge is 0.204 e. The lowest BCUT2D eigenvalue weighted by atomic mass is 10.1. The highest BCUT2D eigenvalue weighted by molar-refractivity contribution is 6.00. The van der Waals surface area contributed by atoms with E-state index in [9.17, 15) is 0 Å². The van der Waals surface area contributed by atoms with Crippen molar-refractivity contribution < 1.29 is 14.2 Å². The normalized spacial score (nSPS) is 10.9. The maximum absolute atomic E-state index is 5.83. The summed E-state index contributed by atoms with van der Waals surface area (Å²) in [6.07, 6.45) is 0. The van der Waals surface area contributed by atoms with Crippen LogP contribution in [-0.2, 0) is 0 Å². The van der Waals surface area contributed by atoms with Gasteiger partial charge in [0.05, 0.1) is 32.2 Å². The number of fused-ring (bicyclic) bond motifs is 2. The van der Waals surface area contributed by atoms with Gasteiger partial charge in [-0.15, -0.1) is 0 Å². The van der Waals surface area contributed by atoms with E-state index in [1.165, 1.54) is 0 Å². The second-order valence-corrected chi connectivity index (χ2v) is 4.21. The highest BCUT2D eigenvalue weighted by atomic mass is 16.5. The number of hydrogen-bond donors (Lipinski definition) is 2. The minimum absolute atomic E-state index is 0.464. The number of aromatic nitrogens is 3. The minimum atomic E-state index is 0.464. The van der Waals surface area contributed by atoms with Crippen LogP contribution >= 0.6 is 0 Å². The highest BCUT2D eigenvalue weighted by Crippen LogP contribution is 2.43. The van der Waals surface area contributed by atoms with Crippen LogP contribution < -0.4 is 19.9 Å². The first-order valence-electron chi connectivity index (χ1n) is 5.92. The Morgan fingerprint density at radius 3 is 2.40 bits per heavy atom. The number of nitrogens with two attached hydrogens (primary N) is 1. The summed E-state index contributed by atoms with van der Waals surface area (Å²) in [6, 6.07) is 3.65. The van der Waals surface area contributed by atoms with E-state index in [-0.39, 0.29) is 0 Å². The van der Waals surface area contributed by atoms with Crippen LogP contribution in [-0.4, -0.2) is 36.5 Å². The Bertz CT molecular complexity index is 797. The molecule has 2 heterocycles. The molecule has 0 saturated carbocycles. The number of nitrogens with one attached hydrogen (secondary N) is 1. The Morgan fingerprint density at radius 1 is 1.00 bits per heavy atom. The molecule has 2 aromatic heterocycles. The van der Waals surface area contributed by atoms with E-state index < -0.39 is 0 Å². The van der Waals surface area contributed by atoms with Crippen molar-refractivity contribution in [2.75, 3.05) is 27.1 Å². The SMILES string of the molecule is COc1cc2nc3n[nH]c(N)c3cc2c(OC)c1OC. The van der Waals surface area contributed by atoms with Crippen LogP contribution in [0.2, 0.25) is 0 Å². The first kappa shape index (κ1) is 12.3. The molecular weight excluding hydrogens is 260 g/mol. The summed E-state index contributed by atoms with van der Waals surface area (Å²) in [4.78, 5) is 4.45. The van der Waals surface area contributed by atoms with E-state index in [2.05, 4.69) is 15.2 Å². The molecule has 0 unspecified atom stereocenters. The molecule has 0 aliphatic carbocycles. The molecular formula is C13H14N4O3. The Morgan fingerprint density at radius 2 is 1.75 bits per heavy atom. The van der Waals surface area contributed by atoms with Gasteiger partial charge in [0.25, 0.3) is 0 Å². The predicted molar refractivity (Wildman–Crippen MR) is 75.5 cm³/mol. The number of rotatable bonds is 3. The maximum atomic E-state index is 5.83. The number of H-pyrrole nitrogens is 1. The van der Waals surface area contributed by atoms with Crippen LogP contribution in [0.3, 0.4) is 0 Å². The van der Waals surface area contributed by atoms with Gasteiger partial charge in [0, 0.05) is 11.5 Å². The lowest BCUT2D eigenvalue weighted by molar-refractivity contribution is 0.327. The molecule has 3 N–H and O–H groups in total. The fraction of sp³-hybridized carbons (Fsp3) is 0.231. The van der Waals surface area contributed by atoms with Gasteiger partial charge in [-0.1, -0.05) is 0 Å². The highest BCUT2D eigenvalue weighted by Gasteiger charge is 2.18. The molecule has 0 spiro atoms. The fourth-order valence-electron chi connectivity index (χ4n) is 2.24. The van der Waals surface area contributed by atoms with Gasteiger partial charge in [-0.3, -0.25) is 5.10 Å². The number of ether oxygens (including phenoxy) is 3. The molecule has 20 heavy (non-hydrogen) atoms. The summed E-state index contributed by atoms with van der Waals surface area (Å²) in [7, 11) is 4.69. The molecule has 1 aromatic carbocycles. The summed E-state index contributed by atoms with van der Waals surface area (Å²) in [5, 5.41) is 8.28. The summed E-state index contributed by atoms with van der Waals surface area (Å²) >= 11 is 0. The molecule has 0 aliphatic heterocycles. The van der Waals surface area contributed by atoms with Crippen molar-refractivity contribution in [3.05, 3.63) is 12.1 Å². The van der Waals surface area contributed by atoms with E-state index in [1.807, 2.05) is 6.07 Å². The van der Waals surface area contributed by atoms with Gasteiger partial charge in [-0.05, 0) is 6.07 Å². The molecule has 0 aliphatic rings. The Hall–Kier alpha value is -2.70. The molecule has 0 amide bonds. The standard InChI is InChI=1S/C13H14N4O3/c1-18-9-5-8-6(10(19-2)11(9)20-3)4-7-12(14)16-17-13(7)15-8/h4-5H,1-3H3,(H3,14,15,16,17). The van der Waals surface area contributed by atoms with Crippen molar-refractivity contribution >= 4 is 27.8 Å². The van der Waals surface area contributed by atoms with Crippen molar-refractivity contribution in [2.45, 2.75) is 0 Å². The Balaban J connectivity index is 2.46. The van der Waals surface area contributed by atoms with E-state index in [0.29, 0.717) is 34.2 Å². The summed E-state index contributed by atoms with van der Waals surface area (Å²) < 4.78 is 16.1. The minimum Gasteiger partial charge on any atom is -0.493 e. The number of hydrogen-bond acceptors (Lipinski definition) is 6. The zero-order valence-electron chi connectivity index (χ0n) is 11.4. The number of pyridine rings is 1. The lowest BCUT2D eigenvalue weighted by Crippen LogP contribution is -1.97. The van der Waals surface area contributed by atoms with Crippen LogP contribution in [0.4, 0.5) is 5.82 Å². The van der Waals surface area contributed by atoms with Crippen molar-refractivity contribution in [3.8, 4) is 17.2 Å². The van der Waals surface area contributed by atoms with Crippen LogP contribution in [0.5, 0.6) is 17.2 Å². The monoisotopic (exact) mass is 274 g/mol. The van der Waals surface area contributed by atoms with E-state index in [0.717, 1.165) is 10.8 Å². The van der Waals surface area contributed by atoms with Crippen molar-refractivity contribution in [1.82, 2.24) is 15.2 Å². The number of nitrogens with zero attached hydrogens (tertiary/aromatic N) is 2. The number of benzene rings is 1. The molecule has 7 heteroatoms. The topological polar surface area (TPSA) is 95.3 Å². The van der Waals surface area contributed by atoms with Gasteiger partial charge in [0.2, 0.25) is 5.75 Å². The van der Waals surface area contributed by atoms with Crippen LogP contribution in [0.15, 0.2) is 12.1 Å². The fourth-order valence-corrected chi connectivity index (χ4v) is 2.24. The molecule has 0 radical (unpaired) electrons. The second kappa shape index (κ2) is 4.44. The molecule has 0 atom stereocenters. The molecule has 3 rings (SSSR count). The largest absolute Gasteiger partial charge is 0.493 e. The van der Waals surface area contributed by atoms with E-state index in [1.54, 1.807) is 27.4 Å². The summed E-state index contributed by atoms with van der Waals surface area (Å²) in [5.74, 6) is 2.08. The zero-order chi connectivity index (χ0) is 14.3. The number of methoxy groups -OCH3 is 3. The summed E-state index contributed by atoms with van der Waals surface area (Å²) in [5.41, 5.74) is 7.07. The van der Waals surface area contributed by atoms with Gasteiger partial charge < -0.3 is 19.9 Å². The quantitative estimate of drug-likeness (QED) is 0.755. The predicted octanol–water partition coefficient (Wildman–Crippen LogP) is 1.72. The van der Waals surface area contributed by atoms with Gasteiger partial charge in [0.1, 0.15) is 5.82 Å². The molecule has 0 saturated heterocycles. The molecule has 3 aromatic rings. The van der Waals surface area contributed by atoms with Gasteiger partial charge in [-0.2, -0.15) is 5.10 Å². The van der Waals surface area contributed by atoms with Crippen LogP contribution in [0.1, 0.15) is 0 Å². The van der Waals surface area contributed by atoms with Crippen molar-refractivity contribution in [2.24, 2.45) is 0 Å². The first-order chi connectivity index (χ1) is 9.69. The van der Waals surface area contributed by atoms with Gasteiger partial charge >= 0.3 is 0 Å². The average Bonchev–Trinajstić information content (AvgIpc) is 2.83. The maximum Gasteiger partial charge on any atom is 0.204 e. The molecule has 0 fully saturated rings. The third-order valence-electron chi connectivity index (χ3n) is 3.17. The second-order valence-electron chi connectivity index (χ2n) is 4.21. The third kappa shape index (κ3) is 1.59. The van der Waals surface area contributed by atoms with Gasteiger partial charge in [0.15, 0.2) is 17.1 Å². The number of aromatic amines is 1. The van der Waals surface area contributed by atoms with Crippen molar-refractivity contribution in [1.29, 1.82) is 0 Å². The lowest BCUT2D eigenvalue weighted by Gasteiger charge is -2.14.